The number of rotatable bonds is 5. The molecule has 0 atom stereocenters. The van der Waals surface area contributed by atoms with Gasteiger partial charge in [-0.15, -0.1) is 0 Å². The van der Waals surface area contributed by atoms with Crippen LogP contribution in [0.3, 0.4) is 0 Å². The van der Waals surface area contributed by atoms with Crippen LogP contribution in [0, 0.1) is 6.92 Å². The number of aryl methyl sites for hydroxylation is 1. The number of anilines is 1. The molecular formula is C24H20ClN3O2. The first kappa shape index (κ1) is 19.7. The molecule has 6 heteroatoms. The Bertz CT molecular complexity index is 1180. The Kier molecular flexibility index (Phi) is 5.55. The van der Waals surface area contributed by atoms with Crippen molar-refractivity contribution in [3.05, 3.63) is 95.5 Å². The molecule has 0 aliphatic carbocycles. The fourth-order valence-electron chi connectivity index (χ4n) is 3.18. The zero-order valence-electron chi connectivity index (χ0n) is 16.6. The van der Waals surface area contributed by atoms with E-state index >= 15 is 0 Å². The third kappa shape index (κ3) is 4.21. The molecule has 4 rings (SSSR count). The molecule has 0 unspecified atom stereocenters. The summed E-state index contributed by atoms with van der Waals surface area (Å²) in [4.78, 5) is 16.9. The number of carbonyl (C=O) groups excluding carboxylic acids is 1. The van der Waals surface area contributed by atoms with Gasteiger partial charge in [0.25, 0.3) is 5.91 Å². The zero-order valence-corrected chi connectivity index (χ0v) is 17.4. The lowest BCUT2D eigenvalue weighted by atomic mass is 10.0. The Labute approximate surface area is 179 Å². The van der Waals surface area contributed by atoms with Crippen molar-refractivity contribution >= 4 is 23.2 Å². The summed E-state index contributed by atoms with van der Waals surface area (Å²) >= 11 is 5.94. The van der Waals surface area contributed by atoms with Crippen LogP contribution >= 0.6 is 11.6 Å². The van der Waals surface area contributed by atoms with Crippen LogP contribution in [0.1, 0.15) is 16.1 Å². The third-order valence-corrected chi connectivity index (χ3v) is 5.00. The van der Waals surface area contributed by atoms with Crippen molar-refractivity contribution in [2.24, 2.45) is 0 Å². The van der Waals surface area contributed by atoms with Crippen LogP contribution in [0.4, 0.5) is 5.69 Å². The average Bonchev–Trinajstić information content (AvgIpc) is 3.20. The minimum absolute atomic E-state index is 0.189. The summed E-state index contributed by atoms with van der Waals surface area (Å²) in [5.74, 6) is 0.453. The molecular weight excluding hydrogens is 398 g/mol. The van der Waals surface area contributed by atoms with E-state index < -0.39 is 0 Å². The van der Waals surface area contributed by atoms with Crippen LogP contribution in [0.25, 0.3) is 16.8 Å². The van der Waals surface area contributed by atoms with Gasteiger partial charge in [-0.1, -0.05) is 35.9 Å². The Hall–Kier alpha value is -3.57. The van der Waals surface area contributed by atoms with Gasteiger partial charge in [0.15, 0.2) is 0 Å². The quantitative estimate of drug-likeness (QED) is 0.449. The Morgan fingerprint density at radius 2 is 1.67 bits per heavy atom. The molecule has 5 nitrogen and oxygen atoms in total. The van der Waals surface area contributed by atoms with Crippen LogP contribution in [0.15, 0.2) is 79.3 Å². The van der Waals surface area contributed by atoms with Gasteiger partial charge in [0, 0.05) is 28.5 Å². The summed E-state index contributed by atoms with van der Waals surface area (Å²) in [6.07, 6.45) is 3.64. The van der Waals surface area contributed by atoms with Crippen LogP contribution in [0.2, 0.25) is 5.02 Å². The number of hydrogen-bond acceptors (Lipinski definition) is 3. The maximum atomic E-state index is 12.7. The molecule has 0 spiro atoms. The number of nitrogens with one attached hydrogen (secondary N) is 1. The van der Waals surface area contributed by atoms with Crippen molar-refractivity contribution in [1.29, 1.82) is 0 Å². The van der Waals surface area contributed by atoms with E-state index in [1.807, 2.05) is 66.2 Å². The van der Waals surface area contributed by atoms with E-state index in [1.165, 1.54) is 0 Å². The molecule has 30 heavy (non-hydrogen) atoms. The monoisotopic (exact) mass is 417 g/mol. The van der Waals surface area contributed by atoms with Gasteiger partial charge in [0.05, 0.1) is 24.8 Å². The Morgan fingerprint density at radius 3 is 2.27 bits per heavy atom. The second-order valence-electron chi connectivity index (χ2n) is 6.85. The number of hydrogen-bond donors (Lipinski definition) is 1. The van der Waals surface area contributed by atoms with Crippen molar-refractivity contribution in [2.75, 3.05) is 12.4 Å². The highest BCUT2D eigenvalue weighted by Crippen LogP contribution is 2.27. The summed E-state index contributed by atoms with van der Waals surface area (Å²) in [5.41, 5.74) is 5.05. The number of benzene rings is 3. The molecule has 0 saturated carbocycles. The minimum Gasteiger partial charge on any atom is -0.494 e. The van der Waals surface area contributed by atoms with E-state index in [0.29, 0.717) is 22.0 Å². The topological polar surface area (TPSA) is 56.1 Å². The van der Waals surface area contributed by atoms with E-state index in [2.05, 4.69) is 10.3 Å². The number of halogens is 1. The van der Waals surface area contributed by atoms with E-state index in [1.54, 1.807) is 31.6 Å². The predicted molar refractivity (Wildman–Crippen MR) is 120 cm³/mol. The number of carbonyl (C=O) groups is 1. The average molecular weight is 418 g/mol. The Morgan fingerprint density at radius 1 is 1.00 bits per heavy atom. The molecule has 0 saturated heterocycles. The van der Waals surface area contributed by atoms with Crippen LogP contribution in [-0.4, -0.2) is 22.6 Å². The molecule has 0 fully saturated rings. The lowest BCUT2D eigenvalue weighted by molar-refractivity contribution is 0.102. The Balaban J connectivity index is 1.51. The normalized spacial score (nSPS) is 10.6. The van der Waals surface area contributed by atoms with Crippen molar-refractivity contribution in [3.63, 3.8) is 0 Å². The van der Waals surface area contributed by atoms with Gasteiger partial charge in [0.2, 0.25) is 0 Å². The number of aromatic nitrogens is 2. The van der Waals surface area contributed by atoms with E-state index in [-0.39, 0.29) is 5.91 Å². The first-order valence-corrected chi connectivity index (χ1v) is 9.77. The van der Waals surface area contributed by atoms with Crippen molar-refractivity contribution in [1.82, 2.24) is 9.55 Å². The van der Waals surface area contributed by atoms with Gasteiger partial charge in [-0.05, 0) is 54.4 Å². The van der Waals surface area contributed by atoms with Gasteiger partial charge in [-0.25, -0.2) is 4.98 Å². The molecule has 0 aliphatic rings. The highest BCUT2D eigenvalue weighted by Gasteiger charge is 2.11. The molecule has 0 radical (unpaired) electrons. The third-order valence-electron chi connectivity index (χ3n) is 4.75. The highest BCUT2D eigenvalue weighted by molar-refractivity contribution is 6.30. The minimum atomic E-state index is -0.189. The fourth-order valence-corrected chi connectivity index (χ4v) is 3.31. The summed E-state index contributed by atoms with van der Waals surface area (Å²) in [5, 5.41) is 3.62. The van der Waals surface area contributed by atoms with Gasteiger partial charge in [-0.2, -0.15) is 0 Å². The van der Waals surface area contributed by atoms with Gasteiger partial charge >= 0.3 is 0 Å². The molecule has 150 valence electrons. The molecule has 0 bridgehead atoms. The first-order valence-electron chi connectivity index (χ1n) is 9.40. The lowest BCUT2D eigenvalue weighted by Gasteiger charge is -2.12. The van der Waals surface area contributed by atoms with E-state index in [4.69, 9.17) is 16.3 Å². The first-order chi connectivity index (χ1) is 14.5. The molecule has 1 heterocycles. The summed E-state index contributed by atoms with van der Waals surface area (Å²) < 4.78 is 7.38. The number of ether oxygens (including phenoxy) is 1. The zero-order chi connectivity index (χ0) is 21.1. The molecule has 1 aromatic heterocycles. The largest absolute Gasteiger partial charge is 0.494 e. The second kappa shape index (κ2) is 8.43. The maximum absolute atomic E-state index is 12.7. The SMILES string of the molecule is COc1cc(NC(=O)c2ccc(-c3ccc(Cl)cc3)cc2)ccc1-n1cnc(C)c1. The van der Waals surface area contributed by atoms with Crippen LogP contribution in [0.5, 0.6) is 5.75 Å². The fraction of sp³-hybridized carbons (Fsp3) is 0.0833. The molecule has 0 aliphatic heterocycles. The standard InChI is InChI=1S/C24H20ClN3O2/c1-16-14-28(15-26-16)22-12-11-21(13-23(22)30-2)27-24(29)19-5-3-17(4-6-19)18-7-9-20(25)10-8-18/h3-15H,1-2H3,(H,27,29). The summed E-state index contributed by atoms with van der Waals surface area (Å²) in [6.45, 7) is 1.93. The predicted octanol–water partition coefficient (Wildman–Crippen LogP) is 5.76. The lowest BCUT2D eigenvalue weighted by Crippen LogP contribution is -2.12. The summed E-state index contributed by atoms with van der Waals surface area (Å²) in [6, 6.07) is 20.6. The maximum Gasteiger partial charge on any atom is 0.255 e. The van der Waals surface area contributed by atoms with Gasteiger partial charge < -0.3 is 14.6 Å². The van der Waals surface area contributed by atoms with Crippen molar-refractivity contribution < 1.29 is 9.53 Å². The highest BCUT2D eigenvalue weighted by atomic mass is 35.5. The number of imidazole rings is 1. The van der Waals surface area contributed by atoms with E-state index in [0.717, 1.165) is 22.5 Å². The van der Waals surface area contributed by atoms with Crippen molar-refractivity contribution in [2.45, 2.75) is 6.92 Å². The molecule has 1 N–H and O–H groups in total. The number of methoxy groups -OCH3 is 1. The van der Waals surface area contributed by atoms with Crippen LogP contribution in [-0.2, 0) is 0 Å². The smallest absolute Gasteiger partial charge is 0.255 e. The number of amides is 1. The number of nitrogens with zero attached hydrogens (tertiary/aromatic N) is 2. The molecule has 4 aromatic rings. The second-order valence-corrected chi connectivity index (χ2v) is 7.28. The van der Waals surface area contributed by atoms with E-state index in [9.17, 15) is 4.79 Å². The molecule has 3 aromatic carbocycles. The summed E-state index contributed by atoms with van der Waals surface area (Å²) in [7, 11) is 1.60. The van der Waals surface area contributed by atoms with Gasteiger partial charge in [-0.3, -0.25) is 4.79 Å². The van der Waals surface area contributed by atoms with Gasteiger partial charge in [0.1, 0.15) is 5.75 Å². The van der Waals surface area contributed by atoms with Crippen molar-refractivity contribution in [3.8, 4) is 22.6 Å². The molecule has 1 amide bonds. The van der Waals surface area contributed by atoms with Crippen LogP contribution < -0.4 is 10.1 Å².